The summed E-state index contributed by atoms with van der Waals surface area (Å²) in [5.74, 6) is -0.307. The highest BCUT2D eigenvalue weighted by molar-refractivity contribution is 7.92. The van der Waals surface area contributed by atoms with Crippen LogP contribution in [0.25, 0.3) is 0 Å². The number of thiocarbonyl (C=S) groups is 1. The molecule has 0 radical (unpaired) electrons. The summed E-state index contributed by atoms with van der Waals surface area (Å²) in [5.41, 5.74) is 5.20. The van der Waals surface area contributed by atoms with Crippen molar-refractivity contribution in [2.45, 2.75) is 18.9 Å². The van der Waals surface area contributed by atoms with E-state index < -0.39 is 10.0 Å². The van der Waals surface area contributed by atoms with Crippen LogP contribution in [0.3, 0.4) is 0 Å². The molecular formula is C7H14N2O3S2. The Labute approximate surface area is 88.9 Å². The van der Waals surface area contributed by atoms with E-state index in [2.05, 4.69) is 12.2 Å². The summed E-state index contributed by atoms with van der Waals surface area (Å²) in [6, 6.07) is -0.297. The van der Waals surface area contributed by atoms with E-state index in [1.807, 2.05) is 0 Å². The maximum absolute atomic E-state index is 11.7. The van der Waals surface area contributed by atoms with Crippen LogP contribution in [0.4, 0.5) is 0 Å². The molecule has 0 bridgehead atoms. The Morgan fingerprint density at radius 2 is 2.29 bits per heavy atom. The Hall–Kier alpha value is -0.240. The van der Waals surface area contributed by atoms with Crippen molar-refractivity contribution >= 4 is 27.2 Å². The molecule has 0 amide bonds. The fourth-order valence-corrected chi connectivity index (χ4v) is 3.63. The molecule has 1 rings (SSSR count). The van der Waals surface area contributed by atoms with E-state index in [0.29, 0.717) is 13.0 Å². The number of aliphatic hydroxyl groups excluding tert-OH is 1. The molecule has 0 spiro atoms. The normalized spacial score (nSPS) is 23.9. The van der Waals surface area contributed by atoms with Crippen LogP contribution in [0.5, 0.6) is 0 Å². The molecule has 0 aliphatic carbocycles. The van der Waals surface area contributed by atoms with Crippen molar-refractivity contribution in [1.82, 2.24) is 4.31 Å². The van der Waals surface area contributed by atoms with Crippen LogP contribution in [0, 0.1) is 0 Å². The van der Waals surface area contributed by atoms with Gasteiger partial charge in [-0.05, 0) is 12.8 Å². The van der Waals surface area contributed by atoms with E-state index in [1.165, 1.54) is 4.31 Å². The van der Waals surface area contributed by atoms with Crippen LogP contribution in [-0.4, -0.2) is 47.8 Å². The van der Waals surface area contributed by atoms with Crippen LogP contribution >= 0.6 is 12.2 Å². The van der Waals surface area contributed by atoms with Crippen molar-refractivity contribution in [3.63, 3.8) is 0 Å². The van der Waals surface area contributed by atoms with Crippen molar-refractivity contribution in [2.24, 2.45) is 5.73 Å². The van der Waals surface area contributed by atoms with Gasteiger partial charge in [0.1, 0.15) is 5.75 Å². The number of aliphatic hydroxyl groups is 1. The predicted molar refractivity (Wildman–Crippen MR) is 57.4 cm³/mol. The molecule has 1 heterocycles. The lowest BCUT2D eigenvalue weighted by molar-refractivity contribution is 0.214. The van der Waals surface area contributed by atoms with E-state index in [4.69, 9.17) is 10.8 Å². The first-order valence-corrected chi connectivity index (χ1v) is 6.38. The fourth-order valence-electron chi connectivity index (χ4n) is 1.62. The standard InChI is InChI=1S/C7H14N2O3S2/c8-7(13)5-14(11,12)9-3-1-2-6(9)4-10/h6,10H,1-5H2,(H2,8,13). The third-order valence-electron chi connectivity index (χ3n) is 2.22. The largest absolute Gasteiger partial charge is 0.395 e. The number of nitrogens with zero attached hydrogens (tertiary/aromatic N) is 1. The van der Waals surface area contributed by atoms with Crippen molar-refractivity contribution in [1.29, 1.82) is 0 Å². The van der Waals surface area contributed by atoms with Gasteiger partial charge in [0.15, 0.2) is 0 Å². The molecule has 0 saturated carbocycles. The van der Waals surface area contributed by atoms with Crippen LogP contribution in [0.15, 0.2) is 0 Å². The lowest BCUT2D eigenvalue weighted by Gasteiger charge is -2.21. The molecule has 0 aromatic carbocycles. The summed E-state index contributed by atoms with van der Waals surface area (Å²) >= 11 is 4.56. The Kier molecular flexibility index (Phi) is 3.82. The average Bonchev–Trinajstić information content (AvgIpc) is 2.48. The van der Waals surface area contributed by atoms with Gasteiger partial charge in [0.05, 0.1) is 11.6 Å². The second-order valence-electron chi connectivity index (χ2n) is 3.31. The average molecular weight is 238 g/mol. The van der Waals surface area contributed by atoms with Crippen LogP contribution in [0.1, 0.15) is 12.8 Å². The highest BCUT2D eigenvalue weighted by Crippen LogP contribution is 2.20. The molecule has 1 aliphatic rings. The minimum atomic E-state index is -3.41. The van der Waals surface area contributed by atoms with Gasteiger partial charge in [0.25, 0.3) is 0 Å². The second-order valence-corrected chi connectivity index (χ2v) is 5.76. The zero-order valence-corrected chi connectivity index (χ0v) is 9.35. The maximum Gasteiger partial charge on any atom is 0.220 e. The van der Waals surface area contributed by atoms with Gasteiger partial charge in [0.2, 0.25) is 10.0 Å². The molecule has 3 N–H and O–H groups in total. The summed E-state index contributed by atoms with van der Waals surface area (Å²) < 4.78 is 24.6. The third-order valence-corrected chi connectivity index (χ3v) is 4.41. The van der Waals surface area contributed by atoms with Gasteiger partial charge < -0.3 is 10.8 Å². The first-order valence-electron chi connectivity index (χ1n) is 4.36. The second kappa shape index (κ2) is 4.52. The number of hydrogen-bond donors (Lipinski definition) is 2. The highest BCUT2D eigenvalue weighted by Gasteiger charge is 2.33. The van der Waals surface area contributed by atoms with E-state index in [0.717, 1.165) is 6.42 Å². The summed E-state index contributed by atoms with van der Waals surface area (Å²) in [4.78, 5) is -0.0337. The zero-order chi connectivity index (χ0) is 10.8. The van der Waals surface area contributed by atoms with Crippen LogP contribution < -0.4 is 5.73 Å². The number of rotatable bonds is 4. The van der Waals surface area contributed by atoms with Crippen molar-refractivity contribution in [3.05, 3.63) is 0 Å². The Morgan fingerprint density at radius 1 is 1.64 bits per heavy atom. The van der Waals surface area contributed by atoms with Gasteiger partial charge >= 0.3 is 0 Å². The molecule has 1 saturated heterocycles. The van der Waals surface area contributed by atoms with Gasteiger partial charge in [-0.15, -0.1) is 0 Å². The summed E-state index contributed by atoms with van der Waals surface area (Å²) in [6.07, 6.45) is 1.48. The fraction of sp³-hybridized carbons (Fsp3) is 0.857. The monoisotopic (exact) mass is 238 g/mol. The molecule has 7 heteroatoms. The van der Waals surface area contributed by atoms with Crippen LogP contribution in [0.2, 0.25) is 0 Å². The number of sulfonamides is 1. The smallest absolute Gasteiger partial charge is 0.220 e. The maximum atomic E-state index is 11.7. The van der Waals surface area contributed by atoms with E-state index in [1.54, 1.807) is 0 Å². The quantitative estimate of drug-likeness (QED) is 0.618. The van der Waals surface area contributed by atoms with Gasteiger partial charge in [-0.2, -0.15) is 4.31 Å². The SMILES string of the molecule is NC(=S)CS(=O)(=O)N1CCCC1CO. The predicted octanol–water partition coefficient (Wildman–Crippen LogP) is -0.941. The van der Waals surface area contributed by atoms with Crippen molar-refractivity contribution < 1.29 is 13.5 Å². The van der Waals surface area contributed by atoms with Crippen molar-refractivity contribution in [3.8, 4) is 0 Å². The Balaban J connectivity index is 2.76. The molecule has 14 heavy (non-hydrogen) atoms. The zero-order valence-electron chi connectivity index (χ0n) is 7.72. The Morgan fingerprint density at radius 3 is 2.79 bits per heavy atom. The molecular weight excluding hydrogens is 224 g/mol. The first kappa shape index (κ1) is 11.8. The molecule has 0 aromatic heterocycles. The van der Waals surface area contributed by atoms with Gasteiger partial charge in [-0.1, -0.05) is 12.2 Å². The molecule has 5 nitrogen and oxygen atoms in total. The van der Waals surface area contributed by atoms with Gasteiger partial charge in [-0.3, -0.25) is 0 Å². The summed E-state index contributed by atoms with van der Waals surface area (Å²) in [5, 5.41) is 8.96. The lowest BCUT2D eigenvalue weighted by Crippen LogP contribution is -2.41. The van der Waals surface area contributed by atoms with Gasteiger partial charge in [0, 0.05) is 12.6 Å². The molecule has 1 aliphatic heterocycles. The molecule has 1 fully saturated rings. The molecule has 1 unspecified atom stereocenters. The van der Waals surface area contributed by atoms with E-state index in [9.17, 15) is 8.42 Å². The van der Waals surface area contributed by atoms with E-state index in [-0.39, 0.29) is 23.4 Å². The molecule has 0 aromatic rings. The third kappa shape index (κ3) is 2.63. The van der Waals surface area contributed by atoms with Crippen LogP contribution in [-0.2, 0) is 10.0 Å². The molecule has 82 valence electrons. The van der Waals surface area contributed by atoms with E-state index >= 15 is 0 Å². The highest BCUT2D eigenvalue weighted by atomic mass is 32.2. The molecule has 1 atom stereocenters. The Bertz CT molecular complexity index is 315. The number of nitrogens with two attached hydrogens (primary N) is 1. The summed E-state index contributed by atoms with van der Waals surface area (Å²) in [6.45, 7) is 0.312. The first-order chi connectivity index (χ1) is 6.47. The minimum absolute atomic E-state index is 0.0337. The van der Waals surface area contributed by atoms with Crippen molar-refractivity contribution in [2.75, 3.05) is 18.9 Å². The summed E-state index contributed by atoms with van der Waals surface area (Å²) in [7, 11) is -3.41. The minimum Gasteiger partial charge on any atom is -0.395 e. The lowest BCUT2D eigenvalue weighted by atomic mass is 10.2. The number of hydrogen-bond acceptors (Lipinski definition) is 4. The van der Waals surface area contributed by atoms with Gasteiger partial charge in [-0.25, -0.2) is 8.42 Å². The topological polar surface area (TPSA) is 83.6 Å².